The number of amides is 1. The van der Waals surface area contributed by atoms with Gasteiger partial charge in [0.15, 0.2) is 0 Å². The molecule has 1 aromatic rings. The second-order valence-electron chi connectivity index (χ2n) is 6.69. The van der Waals surface area contributed by atoms with Crippen molar-refractivity contribution in [1.82, 2.24) is 4.90 Å². The molecule has 22 heavy (non-hydrogen) atoms. The second kappa shape index (κ2) is 6.95. The fourth-order valence-corrected chi connectivity index (χ4v) is 2.45. The fraction of sp³-hybridized carbons (Fsp3) is 0.500. The van der Waals surface area contributed by atoms with Crippen LogP contribution in [-0.4, -0.2) is 29.7 Å². The molecule has 1 saturated heterocycles. The number of hydrogen-bond donors (Lipinski definition) is 0. The largest absolute Gasteiger partial charge is 0.444 e. The molecule has 0 spiro atoms. The molecule has 3 nitrogen and oxygen atoms in total. The monoisotopic (exact) mass is 305 g/mol. The summed E-state index contributed by atoms with van der Waals surface area (Å²) >= 11 is 0. The Balaban J connectivity index is 1.85. The third-order valence-corrected chi connectivity index (χ3v) is 3.64. The molecule has 1 fully saturated rings. The highest BCUT2D eigenvalue weighted by atomic mass is 19.1. The maximum Gasteiger partial charge on any atom is 0.410 e. The molecule has 0 unspecified atom stereocenters. The van der Waals surface area contributed by atoms with Gasteiger partial charge in [0, 0.05) is 18.7 Å². The molecule has 120 valence electrons. The van der Waals surface area contributed by atoms with Crippen LogP contribution in [0.1, 0.15) is 39.2 Å². The van der Waals surface area contributed by atoms with Gasteiger partial charge >= 0.3 is 6.09 Å². The van der Waals surface area contributed by atoms with E-state index in [-0.39, 0.29) is 11.9 Å². The first-order valence-corrected chi connectivity index (χ1v) is 7.76. The van der Waals surface area contributed by atoms with Crippen molar-refractivity contribution in [2.45, 2.75) is 39.2 Å². The first kappa shape index (κ1) is 16.5. The van der Waals surface area contributed by atoms with E-state index in [9.17, 15) is 9.18 Å². The predicted octanol–water partition coefficient (Wildman–Crippen LogP) is 4.49. The van der Waals surface area contributed by atoms with Gasteiger partial charge < -0.3 is 9.64 Å². The molecule has 1 aliphatic rings. The van der Waals surface area contributed by atoms with Crippen LogP contribution in [0, 0.1) is 11.7 Å². The first-order chi connectivity index (χ1) is 10.3. The van der Waals surface area contributed by atoms with Crippen LogP contribution in [0.25, 0.3) is 6.08 Å². The molecule has 0 N–H and O–H groups in total. The summed E-state index contributed by atoms with van der Waals surface area (Å²) in [5.74, 6) is 0.170. The molecule has 0 atom stereocenters. The van der Waals surface area contributed by atoms with Crippen molar-refractivity contribution in [2.75, 3.05) is 13.1 Å². The van der Waals surface area contributed by atoms with Crippen LogP contribution in [0.2, 0.25) is 0 Å². The van der Waals surface area contributed by atoms with Crippen molar-refractivity contribution < 1.29 is 13.9 Å². The Kier molecular flexibility index (Phi) is 5.22. The van der Waals surface area contributed by atoms with Crippen molar-refractivity contribution in [3.05, 3.63) is 41.7 Å². The van der Waals surface area contributed by atoms with Crippen molar-refractivity contribution >= 4 is 12.2 Å². The Morgan fingerprint density at radius 2 is 1.91 bits per heavy atom. The number of piperidine rings is 1. The maximum absolute atomic E-state index is 13.5. The zero-order valence-electron chi connectivity index (χ0n) is 13.5. The Hall–Kier alpha value is -1.84. The lowest BCUT2D eigenvalue weighted by Crippen LogP contribution is -2.41. The zero-order chi connectivity index (χ0) is 16.2. The van der Waals surface area contributed by atoms with Gasteiger partial charge in [0.05, 0.1) is 0 Å². The minimum atomic E-state index is -0.460. The van der Waals surface area contributed by atoms with Gasteiger partial charge in [-0.3, -0.25) is 0 Å². The predicted molar refractivity (Wildman–Crippen MR) is 86.0 cm³/mol. The lowest BCUT2D eigenvalue weighted by Gasteiger charge is -2.32. The van der Waals surface area contributed by atoms with E-state index < -0.39 is 5.60 Å². The summed E-state index contributed by atoms with van der Waals surface area (Å²) in [6.45, 7) is 6.97. The maximum atomic E-state index is 13.5. The minimum absolute atomic E-state index is 0.204. The van der Waals surface area contributed by atoms with Gasteiger partial charge in [-0.2, -0.15) is 0 Å². The second-order valence-corrected chi connectivity index (χ2v) is 6.69. The molecule has 2 rings (SSSR count). The molecular weight excluding hydrogens is 281 g/mol. The average Bonchev–Trinajstić information content (AvgIpc) is 2.45. The van der Waals surface area contributed by atoms with Crippen LogP contribution in [-0.2, 0) is 4.74 Å². The van der Waals surface area contributed by atoms with Crippen molar-refractivity contribution in [3.8, 4) is 0 Å². The number of carbonyl (C=O) groups is 1. The average molecular weight is 305 g/mol. The van der Waals surface area contributed by atoms with Crippen LogP contribution in [0.15, 0.2) is 30.3 Å². The van der Waals surface area contributed by atoms with Crippen LogP contribution >= 0.6 is 0 Å². The van der Waals surface area contributed by atoms with E-state index in [1.165, 1.54) is 6.07 Å². The highest BCUT2D eigenvalue weighted by Crippen LogP contribution is 2.22. The normalized spacial score (nSPS) is 17.0. The number of allylic oxidation sites excluding steroid dienone is 1. The molecule has 4 heteroatoms. The van der Waals surface area contributed by atoms with Gasteiger partial charge in [0.25, 0.3) is 0 Å². The SMILES string of the molecule is CC(C)(C)OC(=O)N1CCC(/C=C\c2ccccc2F)CC1. The summed E-state index contributed by atoms with van der Waals surface area (Å²) < 4.78 is 18.9. The Morgan fingerprint density at radius 1 is 1.27 bits per heavy atom. The van der Waals surface area contributed by atoms with E-state index in [0.29, 0.717) is 24.6 Å². The summed E-state index contributed by atoms with van der Waals surface area (Å²) in [5.41, 5.74) is 0.149. The van der Waals surface area contributed by atoms with Gasteiger partial charge in [-0.05, 0) is 45.6 Å². The Morgan fingerprint density at radius 3 is 2.50 bits per heavy atom. The summed E-state index contributed by atoms with van der Waals surface area (Å²) in [5, 5.41) is 0. The van der Waals surface area contributed by atoms with Crippen LogP contribution in [0.3, 0.4) is 0 Å². The highest BCUT2D eigenvalue weighted by molar-refractivity contribution is 5.68. The van der Waals surface area contributed by atoms with Gasteiger partial charge in [0.2, 0.25) is 0 Å². The number of hydrogen-bond acceptors (Lipinski definition) is 2. The van der Waals surface area contributed by atoms with E-state index in [4.69, 9.17) is 4.74 Å². The third-order valence-electron chi connectivity index (χ3n) is 3.64. The van der Waals surface area contributed by atoms with E-state index >= 15 is 0 Å². The molecule has 0 saturated carbocycles. The lowest BCUT2D eigenvalue weighted by molar-refractivity contribution is 0.0197. The fourth-order valence-electron chi connectivity index (χ4n) is 2.45. The topological polar surface area (TPSA) is 29.5 Å². The molecule has 0 radical (unpaired) electrons. The Labute approximate surface area is 131 Å². The zero-order valence-corrected chi connectivity index (χ0v) is 13.5. The number of ether oxygens (including phenoxy) is 1. The van der Waals surface area contributed by atoms with Crippen LogP contribution in [0.4, 0.5) is 9.18 Å². The molecule has 1 heterocycles. The summed E-state index contributed by atoms with van der Waals surface area (Å²) in [6.07, 6.45) is 5.39. The minimum Gasteiger partial charge on any atom is -0.444 e. The van der Waals surface area contributed by atoms with E-state index in [0.717, 1.165) is 12.8 Å². The molecular formula is C18H24FNO2. The van der Waals surface area contributed by atoms with E-state index in [1.807, 2.05) is 39.0 Å². The number of likely N-dealkylation sites (tertiary alicyclic amines) is 1. The summed E-state index contributed by atoms with van der Waals surface area (Å²) in [7, 11) is 0. The van der Waals surface area contributed by atoms with Crippen molar-refractivity contribution in [3.63, 3.8) is 0 Å². The number of rotatable bonds is 2. The molecule has 0 aliphatic carbocycles. The standard InChI is InChI=1S/C18H24FNO2/c1-18(2,3)22-17(21)20-12-10-14(11-13-20)8-9-15-6-4-5-7-16(15)19/h4-9,14H,10-13H2,1-3H3/b9-8-. The molecule has 0 bridgehead atoms. The number of carbonyl (C=O) groups excluding carboxylic acids is 1. The third kappa shape index (κ3) is 4.86. The van der Waals surface area contributed by atoms with Gasteiger partial charge in [-0.25, -0.2) is 9.18 Å². The van der Waals surface area contributed by atoms with Gasteiger partial charge in [-0.15, -0.1) is 0 Å². The van der Waals surface area contributed by atoms with Crippen LogP contribution < -0.4 is 0 Å². The van der Waals surface area contributed by atoms with Crippen LogP contribution in [0.5, 0.6) is 0 Å². The highest BCUT2D eigenvalue weighted by Gasteiger charge is 2.25. The molecule has 0 aromatic heterocycles. The van der Waals surface area contributed by atoms with Gasteiger partial charge in [-0.1, -0.05) is 30.4 Å². The summed E-state index contributed by atoms with van der Waals surface area (Å²) in [6, 6.07) is 6.74. The van der Waals surface area contributed by atoms with Crippen molar-refractivity contribution in [2.24, 2.45) is 5.92 Å². The van der Waals surface area contributed by atoms with Gasteiger partial charge in [0.1, 0.15) is 11.4 Å². The first-order valence-electron chi connectivity index (χ1n) is 7.76. The summed E-state index contributed by atoms with van der Waals surface area (Å²) in [4.78, 5) is 13.7. The van der Waals surface area contributed by atoms with Crippen molar-refractivity contribution in [1.29, 1.82) is 0 Å². The number of halogens is 1. The molecule has 1 aliphatic heterocycles. The molecule has 1 amide bonds. The van der Waals surface area contributed by atoms with E-state index in [2.05, 4.69) is 0 Å². The Bertz CT molecular complexity index is 540. The lowest BCUT2D eigenvalue weighted by atomic mass is 9.96. The smallest absolute Gasteiger partial charge is 0.410 e. The van der Waals surface area contributed by atoms with E-state index in [1.54, 1.807) is 17.0 Å². The quantitative estimate of drug-likeness (QED) is 0.806. The number of benzene rings is 1. The number of nitrogens with zero attached hydrogens (tertiary/aromatic N) is 1. The molecule has 1 aromatic carbocycles.